The van der Waals surface area contributed by atoms with Crippen molar-refractivity contribution in [3.8, 4) is 0 Å². The van der Waals surface area contributed by atoms with Gasteiger partial charge in [-0.1, -0.05) is 19.0 Å². The summed E-state index contributed by atoms with van der Waals surface area (Å²) >= 11 is 2.04. The van der Waals surface area contributed by atoms with E-state index in [-0.39, 0.29) is 0 Å². The molecule has 1 aliphatic heterocycles. The fraction of sp³-hybridized carbons (Fsp3) is 1.00. The molecule has 0 radical (unpaired) electrons. The quantitative estimate of drug-likeness (QED) is 0.398. The van der Waals surface area contributed by atoms with Crippen molar-refractivity contribution in [1.82, 2.24) is 4.90 Å². The molecule has 0 aromatic rings. The minimum Gasteiger partial charge on any atom is -0.301 e. The van der Waals surface area contributed by atoms with Gasteiger partial charge in [-0.05, 0) is 5.53 Å². The van der Waals surface area contributed by atoms with E-state index in [4.69, 9.17) is 5.53 Å². The molecule has 13 heavy (non-hydrogen) atoms. The standard InChI is InChI=1S/C8H16N4S/c1-7-5-12(4-3-10-11-9)6-8(2)13-7/h7-8H,3-6H2,1-2H3. The molecule has 1 saturated heterocycles. The number of nitrogens with zero attached hydrogens (tertiary/aromatic N) is 4. The third-order valence-corrected chi connectivity index (χ3v) is 3.30. The molecule has 1 fully saturated rings. The zero-order valence-corrected chi connectivity index (χ0v) is 9.00. The average molecular weight is 200 g/mol. The van der Waals surface area contributed by atoms with E-state index in [9.17, 15) is 0 Å². The maximum absolute atomic E-state index is 8.14. The molecule has 1 rings (SSSR count). The Hall–Kier alpha value is -0.380. The van der Waals surface area contributed by atoms with Gasteiger partial charge in [0.2, 0.25) is 0 Å². The monoisotopic (exact) mass is 200 g/mol. The minimum atomic E-state index is 0.598. The maximum atomic E-state index is 8.14. The van der Waals surface area contributed by atoms with E-state index < -0.39 is 0 Å². The van der Waals surface area contributed by atoms with Gasteiger partial charge in [0.25, 0.3) is 0 Å². The summed E-state index contributed by atoms with van der Waals surface area (Å²) in [6, 6.07) is 0. The summed E-state index contributed by atoms with van der Waals surface area (Å²) in [6.07, 6.45) is 0. The van der Waals surface area contributed by atoms with E-state index >= 15 is 0 Å². The summed E-state index contributed by atoms with van der Waals surface area (Å²) in [4.78, 5) is 5.13. The molecule has 0 aromatic heterocycles. The molecule has 0 N–H and O–H groups in total. The first-order valence-corrected chi connectivity index (χ1v) is 5.55. The molecule has 5 heteroatoms. The van der Waals surface area contributed by atoms with Crippen molar-refractivity contribution in [1.29, 1.82) is 0 Å². The fourth-order valence-electron chi connectivity index (χ4n) is 1.70. The van der Waals surface area contributed by atoms with Gasteiger partial charge in [-0.2, -0.15) is 11.8 Å². The zero-order chi connectivity index (χ0) is 9.68. The summed E-state index contributed by atoms with van der Waals surface area (Å²) < 4.78 is 0. The van der Waals surface area contributed by atoms with Crippen molar-refractivity contribution in [3.05, 3.63) is 10.4 Å². The lowest BCUT2D eigenvalue weighted by molar-refractivity contribution is 0.278. The predicted molar refractivity (Wildman–Crippen MR) is 57.0 cm³/mol. The first-order chi connectivity index (χ1) is 6.22. The van der Waals surface area contributed by atoms with Crippen molar-refractivity contribution in [2.45, 2.75) is 24.3 Å². The van der Waals surface area contributed by atoms with Crippen LogP contribution in [0.5, 0.6) is 0 Å². The summed E-state index contributed by atoms with van der Waals surface area (Å²) in [5, 5.41) is 4.96. The summed E-state index contributed by atoms with van der Waals surface area (Å²) in [5.74, 6) is 0. The second kappa shape index (κ2) is 5.37. The van der Waals surface area contributed by atoms with Crippen LogP contribution in [0.2, 0.25) is 0 Å². The Morgan fingerprint density at radius 3 is 2.62 bits per heavy atom. The van der Waals surface area contributed by atoms with Crippen LogP contribution in [0.15, 0.2) is 5.11 Å². The normalized spacial score (nSPS) is 29.7. The van der Waals surface area contributed by atoms with Gasteiger partial charge in [0.1, 0.15) is 0 Å². The van der Waals surface area contributed by atoms with Crippen molar-refractivity contribution in [2.24, 2.45) is 5.11 Å². The molecule has 2 atom stereocenters. The maximum Gasteiger partial charge on any atom is 0.0385 e. The van der Waals surface area contributed by atoms with E-state index in [0.717, 1.165) is 19.6 Å². The van der Waals surface area contributed by atoms with Crippen LogP contribution < -0.4 is 0 Å². The smallest absolute Gasteiger partial charge is 0.0385 e. The van der Waals surface area contributed by atoms with Crippen LogP contribution in [-0.4, -0.2) is 41.6 Å². The van der Waals surface area contributed by atoms with Crippen LogP contribution >= 0.6 is 11.8 Å². The summed E-state index contributed by atoms with van der Waals surface area (Å²) in [6.45, 7) is 8.24. The predicted octanol–water partition coefficient (Wildman–Crippen LogP) is 2.12. The molecule has 1 heterocycles. The third-order valence-electron chi connectivity index (χ3n) is 2.07. The molecule has 2 unspecified atom stereocenters. The van der Waals surface area contributed by atoms with Crippen LogP contribution in [0, 0.1) is 0 Å². The Morgan fingerprint density at radius 2 is 2.08 bits per heavy atom. The van der Waals surface area contributed by atoms with Crippen LogP contribution in [0.3, 0.4) is 0 Å². The largest absolute Gasteiger partial charge is 0.301 e. The SMILES string of the molecule is CC1CN(CCN=[N+]=[N-])CC(C)S1. The summed E-state index contributed by atoms with van der Waals surface area (Å²) in [5.41, 5.74) is 8.14. The van der Waals surface area contributed by atoms with Gasteiger partial charge in [-0.15, -0.1) is 0 Å². The van der Waals surface area contributed by atoms with E-state index in [1.807, 2.05) is 11.8 Å². The van der Waals surface area contributed by atoms with Crippen molar-refractivity contribution in [3.63, 3.8) is 0 Å². The number of thioether (sulfide) groups is 1. The lowest BCUT2D eigenvalue weighted by Crippen LogP contribution is -2.41. The number of hydrogen-bond donors (Lipinski definition) is 0. The molecule has 0 aromatic carbocycles. The lowest BCUT2D eigenvalue weighted by Gasteiger charge is -2.34. The zero-order valence-electron chi connectivity index (χ0n) is 8.18. The van der Waals surface area contributed by atoms with E-state index in [0.29, 0.717) is 17.0 Å². The molecule has 1 aliphatic rings. The molecule has 0 saturated carbocycles. The van der Waals surface area contributed by atoms with Crippen LogP contribution in [0.4, 0.5) is 0 Å². The molecule has 0 bridgehead atoms. The van der Waals surface area contributed by atoms with Gasteiger partial charge >= 0.3 is 0 Å². The lowest BCUT2D eigenvalue weighted by atomic mass is 10.3. The number of azide groups is 1. The van der Waals surface area contributed by atoms with Gasteiger partial charge in [0, 0.05) is 41.6 Å². The number of rotatable bonds is 3. The van der Waals surface area contributed by atoms with Gasteiger partial charge < -0.3 is 4.90 Å². The topological polar surface area (TPSA) is 52.0 Å². The average Bonchev–Trinajstić information content (AvgIpc) is 2.03. The Morgan fingerprint density at radius 1 is 1.46 bits per heavy atom. The molecule has 4 nitrogen and oxygen atoms in total. The van der Waals surface area contributed by atoms with Gasteiger partial charge in [0.15, 0.2) is 0 Å². The molecule has 74 valence electrons. The van der Waals surface area contributed by atoms with Crippen molar-refractivity contribution in [2.75, 3.05) is 26.2 Å². The highest BCUT2D eigenvalue weighted by molar-refractivity contribution is 8.00. The van der Waals surface area contributed by atoms with E-state index in [2.05, 4.69) is 28.8 Å². The highest BCUT2D eigenvalue weighted by Crippen LogP contribution is 2.24. The fourth-order valence-corrected chi connectivity index (χ4v) is 3.08. The molecule has 0 spiro atoms. The number of hydrogen-bond acceptors (Lipinski definition) is 3. The Balaban J connectivity index is 2.28. The van der Waals surface area contributed by atoms with Crippen LogP contribution in [0.1, 0.15) is 13.8 Å². The van der Waals surface area contributed by atoms with Crippen LogP contribution in [0.25, 0.3) is 10.4 Å². The molecule has 0 amide bonds. The van der Waals surface area contributed by atoms with Crippen molar-refractivity contribution >= 4 is 11.8 Å². The molecule has 0 aliphatic carbocycles. The minimum absolute atomic E-state index is 0.598. The second-order valence-corrected chi connectivity index (χ2v) is 5.35. The Labute approximate surface area is 83.3 Å². The first-order valence-electron chi connectivity index (χ1n) is 4.61. The first kappa shape index (κ1) is 10.7. The summed E-state index contributed by atoms with van der Waals surface area (Å²) in [7, 11) is 0. The van der Waals surface area contributed by atoms with Gasteiger partial charge in [-0.3, -0.25) is 0 Å². The van der Waals surface area contributed by atoms with Gasteiger partial charge in [-0.25, -0.2) is 0 Å². The van der Waals surface area contributed by atoms with Gasteiger partial charge in [0.05, 0.1) is 0 Å². The van der Waals surface area contributed by atoms with E-state index in [1.165, 1.54) is 0 Å². The van der Waals surface area contributed by atoms with E-state index in [1.54, 1.807) is 0 Å². The highest BCUT2D eigenvalue weighted by atomic mass is 32.2. The van der Waals surface area contributed by atoms with Crippen molar-refractivity contribution < 1.29 is 0 Å². The third kappa shape index (κ3) is 3.89. The highest BCUT2D eigenvalue weighted by Gasteiger charge is 2.21. The Bertz CT molecular complexity index is 192. The Kier molecular flexibility index (Phi) is 4.42. The molecular weight excluding hydrogens is 184 g/mol. The van der Waals surface area contributed by atoms with Crippen LogP contribution in [-0.2, 0) is 0 Å². The molecular formula is C8H16N4S. The second-order valence-electron chi connectivity index (χ2n) is 3.47.